The number of ether oxygens (including phenoxy) is 1. The Morgan fingerprint density at radius 2 is 2.00 bits per heavy atom. The monoisotopic (exact) mass is 247 g/mol. The van der Waals surface area contributed by atoms with Gasteiger partial charge in [0.25, 0.3) is 0 Å². The third kappa shape index (κ3) is 3.32. The third-order valence-electron chi connectivity index (χ3n) is 3.09. The number of rotatable bonds is 3. The van der Waals surface area contributed by atoms with Gasteiger partial charge in [-0.15, -0.1) is 0 Å². The van der Waals surface area contributed by atoms with Crippen LogP contribution in [0.1, 0.15) is 43.0 Å². The van der Waals surface area contributed by atoms with E-state index < -0.39 is 6.09 Å². The third-order valence-corrected chi connectivity index (χ3v) is 3.09. The van der Waals surface area contributed by atoms with Gasteiger partial charge in [0.1, 0.15) is 6.10 Å². The summed E-state index contributed by atoms with van der Waals surface area (Å²) < 4.78 is 5.28. The molecule has 4 heteroatoms. The summed E-state index contributed by atoms with van der Waals surface area (Å²) in [6.07, 6.45) is 3.74. The van der Waals surface area contributed by atoms with Crippen molar-refractivity contribution in [3.8, 4) is 0 Å². The topological polar surface area (TPSA) is 55.4 Å². The van der Waals surface area contributed by atoms with Crippen LogP contribution in [0, 0.1) is 0 Å². The normalized spacial score (nSPS) is 15.4. The van der Waals surface area contributed by atoms with E-state index in [0.717, 1.165) is 25.7 Å². The lowest BCUT2D eigenvalue weighted by atomic mass is 10.1. The van der Waals surface area contributed by atoms with Gasteiger partial charge in [0, 0.05) is 11.3 Å². The number of carbonyl (C=O) groups is 2. The zero-order valence-corrected chi connectivity index (χ0v) is 10.4. The van der Waals surface area contributed by atoms with Crippen LogP contribution in [-0.4, -0.2) is 18.0 Å². The molecule has 1 fully saturated rings. The van der Waals surface area contributed by atoms with Crippen LogP contribution in [0.4, 0.5) is 10.5 Å². The second-order valence-electron chi connectivity index (χ2n) is 4.57. The first-order valence-electron chi connectivity index (χ1n) is 6.24. The van der Waals surface area contributed by atoms with Crippen LogP contribution in [0.2, 0.25) is 0 Å². The molecule has 0 heterocycles. The molecule has 18 heavy (non-hydrogen) atoms. The summed E-state index contributed by atoms with van der Waals surface area (Å²) in [6, 6.07) is 6.85. The van der Waals surface area contributed by atoms with Crippen molar-refractivity contribution in [2.45, 2.75) is 38.7 Å². The molecule has 0 aromatic heterocycles. The first-order valence-corrected chi connectivity index (χ1v) is 6.24. The Bertz CT molecular complexity index is 450. The van der Waals surface area contributed by atoms with Crippen LogP contribution in [-0.2, 0) is 4.74 Å². The Morgan fingerprint density at radius 1 is 1.28 bits per heavy atom. The molecule has 1 aliphatic rings. The molecule has 0 spiro atoms. The first kappa shape index (κ1) is 12.6. The predicted octanol–water partition coefficient (Wildman–Crippen LogP) is 3.38. The zero-order valence-electron chi connectivity index (χ0n) is 10.4. The number of hydrogen-bond donors (Lipinski definition) is 1. The SMILES string of the molecule is CC(=O)c1cccc(NC(=O)OC2CCCC2)c1. The van der Waals surface area contributed by atoms with Gasteiger partial charge >= 0.3 is 6.09 Å². The van der Waals surface area contributed by atoms with Crippen LogP contribution < -0.4 is 5.32 Å². The molecule has 1 amide bonds. The highest BCUT2D eigenvalue weighted by Gasteiger charge is 2.19. The minimum absolute atomic E-state index is 0.0252. The summed E-state index contributed by atoms with van der Waals surface area (Å²) in [5.74, 6) is -0.0252. The molecule has 2 rings (SSSR count). The molecular formula is C14H17NO3. The zero-order chi connectivity index (χ0) is 13.0. The molecule has 1 N–H and O–H groups in total. The van der Waals surface area contributed by atoms with Crippen molar-refractivity contribution in [1.29, 1.82) is 0 Å². The van der Waals surface area contributed by atoms with Crippen LogP contribution >= 0.6 is 0 Å². The van der Waals surface area contributed by atoms with E-state index in [1.165, 1.54) is 6.92 Å². The Balaban J connectivity index is 1.93. The summed E-state index contributed by atoms with van der Waals surface area (Å²) in [4.78, 5) is 22.8. The molecule has 0 unspecified atom stereocenters. The maximum Gasteiger partial charge on any atom is 0.411 e. The maximum atomic E-state index is 11.6. The minimum atomic E-state index is -0.442. The number of amides is 1. The first-order chi connectivity index (χ1) is 8.65. The summed E-state index contributed by atoms with van der Waals surface area (Å²) in [7, 11) is 0. The molecule has 1 aliphatic carbocycles. The Labute approximate surface area is 106 Å². The second kappa shape index (κ2) is 5.67. The quantitative estimate of drug-likeness (QED) is 0.833. The van der Waals surface area contributed by atoms with Gasteiger partial charge in [-0.2, -0.15) is 0 Å². The molecular weight excluding hydrogens is 230 g/mol. The van der Waals surface area contributed by atoms with Gasteiger partial charge in [-0.05, 0) is 44.7 Å². The van der Waals surface area contributed by atoms with Crippen LogP contribution in [0.25, 0.3) is 0 Å². The molecule has 4 nitrogen and oxygen atoms in total. The molecule has 0 radical (unpaired) electrons. The number of nitrogens with one attached hydrogen (secondary N) is 1. The highest BCUT2D eigenvalue weighted by Crippen LogP contribution is 2.21. The molecule has 0 atom stereocenters. The standard InChI is InChI=1S/C14H17NO3/c1-10(16)11-5-4-6-12(9-11)15-14(17)18-13-7-2-3-8-13/h4-6,9,13H,2-3,7-8H2,1H3,(H,15,17). The predicted molar refractivity (Wildman–Crippen MR) is 68.8 cm³/mol. The van der Waals surface area contributed by atoms with E-state index >= 15 is 0 Å². The summed E-state index contributed by atoms with van der Waals surface area (Å²) in [5.41, 5.74) is 1.17. The number of carbonyl (C=O) groups excluding carboxylic acids is 2. The number of Topliss-reactive ketones (excluding diaryl/α,β-unsaturated/α-hetero) is 1. The van der Waals surface area contributed by atoms with E-state index in [4.69, 9.17) is 4.74 Å². The van der Waals surface area contributed by atoms with Crippen molar-refractivity contribution in [1.82, 2.24) is 0 Å². The fraction of sp³-hybridized carbons (Fsp3) is 0.429. The number of hydrogen-bond acceptors (Lipinski definition) is 3. The minimum Gasteiger partial charge on any atom is -0.446 e. The molecule has 0 aliphatic heterocycles. The Morgan fingerprint density at radius 3 is 2.67 bits per heavy atom. The lowest BCUT2D eigenvalue weighted by molar-refractivity contribution is 0.101. The second-order valence-corrected chi connectivity index (χ2v) is 4.57. The maximum absolute atomic E-state index is 11.6. The van der Waals surface area contributed by atoms with Gasteiger partial charge < -0.3 is 4.74 Å². The van der Waals surface area contributed by atoms with E-state index in [0.29, 0.717) is 11.3 Å². The summed E-state index contributed by atoms with van der Waals surface area (Å²) in [5, 5.41) is 2.65. The van der Waals surface area contributed by atoms with Gasteiger partial charge in [0.05, 0.1) is 0 Å². The van der Waals surface area contributed by atoms with Crippen molar-refractivity contribution in [3.63, 3.8) is 0 Å². The van der Waals surface area contributed by atoms with Crippen molar-refractivity contribution >= 4 is 17.6 Å². The van der Waals surface area contributed by atoms with E-state index in [2.05, 4.69) is 5.32 Å². The number of ketones is 1. The summed E-state index contributed by atoms with van der Waals surface area (Å²) >= 11 is 0. The van der Waals surface area contributed by atoms with Gasteiger partial charge in [-0.25, -0.2) is 4.79 Å². The molecule has 1 aromatic rings. The number of anilines is 1. The Kier molecular flexibility index (Phi) is 3.97. The van der Waals surface area contributed by atoms with Crippen molar-refractivity contribution < 1.29 is 14.3 Å². The van der Waals surface area contributed by atoms with Crippen molar-refractivity contribution in [2.75, 3.05) is 5.32 Å². The fourth-order valence-electron chi connectivity index (χ4n) is 2.12. The van der Waals surface area contributed by atoms with E-state index in [1.54, 1.807) is 24.3 Å². The lowest BCUT2D eigenvalue weighted by Gasteiger charge is -2.12. The molecule has 96 valence electrons. The van der Waals surface area contributed by atoms with Crippen molar-refractivity contribution in [3.05, 3.63) is 29.8 Å². The van der Waals surface area contributed by atoms with Gasteiger partial charge in [-0.3, -0.25) is 10.1 Å². The molecule has 1 aromatic carbocycles. The van der Waals surface area contributed by atoms with E-state index in [9.17, 15) is 9.59 Å². The van der Waals surface area contributed by atoms with Crippen LogP contribution in [0.5, 0.6) is 0 Å². The average molecular weight is 247 g/mol. The molecule has 0 saturated heterocycles. The highest BCUT2D eigenvalue weighted by molar-refractivity contribution is 5.96. The van der Waals surface area contributed by atoms with Crippen LogP contribution in [0.3, 0.4) is 0 Å². The average Bonchev–Trinajstić information content (AvgIpc) is 2.82. The smallest absolute Gasteiger partial charge is 0.411 e. The highest BCUT2D eigenvalue weighted by atomic mass is 16.6. The van der Waals surface area contributed by atoms with E-state index in [1.807, 2.05) is 0 Å². The van der Waals surface area contributed by atoms with Gasteiger partial charge in [-0.1, -0.05) is 12.1 Å². The Hall–Kier alpha value is -1.84. The van der Waals surface area contributed by atoms with Gasteiger partial charge in [0.15, 0.2) is 5.78 Å². The van der Waals surface area contributed by atoms with Crippen LogP contribution in [0.15, 0.2) is 24.3 Å². The fourth-order valence-corrected chi connectivity index (χ4v) is 2.12. The molecule has 0 bridgehead atoms. The van der Waals surface area contributed by atoms with Crippen molar-refractivity contribution in [2.24, 2.45) is 0 Å². The van der Waals surface area contributed by atoms with E-state index in [-0.39, 0.29) is 11.9 Å². The molecule has 1 saturated carbocycles. The van der Waals surface area contributed by atoms with Gasteiger partial charge in [0.2, 0.25) is 0 Å². The lowest BCUT2D eigenvalue weighted by Crippen LogP contribution is -2.20. The largest absolute Gasteiger partial charge is 0.446 e. The summed E-state index contributed by atoms with van der Waals surface area (Å²) in [6.45, 7) is 1.50. The number of benzene rings is 1.